The highest BCUT2D eigenvalue weighted by Gasteiger charge is 2.15. The summed E-state index contributed by atoms with van der Waals surface area (Å²) in [6, 6.07) is 10.2. The zero-order chi connectivity index (χ0) is 18.4. The molecule has 0 radical (unpaired) electrons. The Labute approximate surface area is 159 Å². The number of hydrazine groups is 3. The summed E-state index contributed by atoms with van der Waals surface area (Å²) in [6.45, 7) is 3.39. The maximum absolute atomic E-state index is 13.0. The highest BCUT2D eigenvalue weighted by atomic mass is 79.9. The van der Waals surface area contributed by atoms with Gasteiger partial charge in [-0.3, -0.25) is 5.32 Å². The minimum atomic E-state index is -0.265. The third-order valence-electron chi connectivity index (χ3n) is 3.67. The molecule has 5 N–H and O–H groups in total. The summed E-state index contributed by atoms with van der Waals surface area (Å²) in [5.41, 5.74) is 13.3. The monoisotopic (exact) mass is 425 g/mol. The highest BCUT2D eigenvalue weighted by Crippen LogP contribution is 2.37. The molecular formula is C17H21BrFN5O2. The molecule has 1 saturated heterocycles. The Morgan fingerprint density at radius 1 is 1.08 bits per heavy atom. The standard InChI is InChI=1S/C17H21BrFN5O2/c1-2-25-15-8-12(9-20-17-21-23-24-22-17)7-14(18)16(15)26-10-11-3-5-13(19)6-4-11/h3-8,17,20-24H,2,9-10H2,1H3. The Bertz CT molecular complexity index is 726. The summed E-state index contributed by atoms with van der Waals surface area (Å²) in [5, 5.41) is 3.28. The van der Waals surface area contributed by atoms with E-state index in [0.717, 1.165) is 15.6 Å². The van der Waals surface area contributed by atoms with Crippen LogP contribution in [-0.2, 0) is 13.2 Å². The van der Waals surface area contributed by atoms with Crippen LogP contribution < -0.4 is 36.7 Å². The van der Waals surface area contributed by atoms with Crippen LogP contribution in [0.15, 0.2) is 40.9 Å². The lowest BCUT2D eigenvalue weighted by atomic mass is 10.2. The molecule has 7 nitrogen and oxygen atoms in total. The molecule has 26 heavy (non-hydrogen) atoms. The predicted octanol–water partition coefficient (Wildman–Crippen LogP) is 2.06. The SMILES string of the molecule is CCOc1cc(CNC2NNNN2)cc(Br)c1OCc1ccc(F)cc1. The first-order valence-corrected chi connectivity index (χ1v) is 9.02. The molecule has 0 aromatic heterocycles. The first-order chi connectivity index (χ1) is 12.7. The van der Waals surface area contributed by atoms with Crippen molar-refractivity contribution in [3.05, 3.63) is 57.8 Å². The third-order valence-corrected chi connectivity index (χ3v) is 4.26. The molecule has 0 amide bonds. The summed E-state index contributed by atoms with van der Waals surface area (Å²) >= 11 is 3.56. The molecule has 0 aliphatic carbocycles. The van der Waals surface area contributed by atoms with Gasteiger partial charge in [0.05, 0.1) is 11.1 Å². The average molecular weight is 426 g/mol. The van der Waals surface area contributed by atoms with Crippen LogP contribution in [0.3, 0.4) is 0 Å². The smallest absolute Gasteiger partial charge is 0.175 e. The normalized spacial score (nSPS) is 14.6. The van der Waals surface area contributed by atoms with E-state index >= 15 is 0 Å². The second-order valence-electron chi connectivity index (χ2n) is 5.61. The first kappa shape index (κ1) is 19.0. The van der Waals surface area contributed by atoms with E-state index in [-0.39, 0.29) is 12.1 Å². The number of rotatable bonds is 8. The van der Waals surface area contributed by atoms with E-state index in [1.807, 2.05) is 19.1 Å². The molecule has 140 valence electrons. The van der Waals surface area contributed by atoms with Crippen LogP contribution in [0.2, 0.25) is 0 Å². The topological polar surface area (TPSA) is 78.6 Å². The van der Waals surface area contributed by atoms with E-state index in [9.17, 15) is 4.39 Å². The Morgan fingerprint density at radius 2 is 1.81 bits per heavy atom. The Hall–Kier alpha value is -1.75. The summed E-state index contributed by atoms with van der Waals surface area (Å²) in [4.78, 5) is 0. The Balaban J connectivity index is 1.69. The quantitative estimate of drug-likeness (QED) is 0.442. The lowest BCUT2D eigenvalue weighted by molar-refractivity contribution is 0.267. The van der Waals surface area contributed by atoms with Gasteiger partial charge in [-0.1, -0.05) is 12.1 Å². The van der Waals surface area contributed by atoms with Crippen molar-refractivity contribution in [1.29, 1.82) is 0 Å². The number of nitrogens with one attached hydrogen (secondary N) is 5. The van der Waals surface area contributed by atoms with Crippen molar-refractivity contribution >= 4 is 15.9 Å². The van der Waals surface area contributed by atoms with Crippen LogP contribution >= 0.6 is 15.9 Å². The average Bonchev–Trinajstić information content (AvgIpc) is 3.14. The summed E-state index contributed by atoms with van der Waals surface area (Å²) < 4.78 is 25.5. The third kappa shape index (κ3) is 5.13. The van der Waals surface area contributed by atoms with Crippen LogP contribution in [0.1, 0.15) is 18.1 Å². The van der Waals surface area contributed by atoms with Crippen molar-refractivity contribution < 1.29 is 13.9 Å². The first-order valence-electron chi connectivity index (χ1n) is 8.22. The summed E-state index contributed by atoms with van der Waals surface area (Å²) in [7, 11) is 0. The molecule has 1 aliphatic rings. The largest absolute Gasteiger partial charge is 0.490 e. The van der Waals surface area contributed by atoms with Crippen LogP contribution in [0.4, 0.5) is 4.39 Å². The number of benzene rings is 2. The van der Waals surface area contributed by atoms with E-state index in [1.54, 1.807) is 12.1 Å². The van der Waals surface area contributed by atoms with Crippen LogP contribution in [0.5, 0.6) is 11.5 Å². The van der Waals surface area contributed by atoms with Gasteiger partial charge < -0.3 is 9.47 Å². The molecule has 0 atom stereocenters. The Kier molecular flexibility index (Phi) is 6.78. The van der Waals surface area contributed by atoms with Gasteiger partial charge in [0.25, 0.3) is 0 Å². The summed E-state index contributed by atoms with van der Waals surface area (Å²) in [6.07, 6.45) is -0.0984. The van der Waals surface area contributed by atoms with Crippen LogP contribution in [0.25, 0.3) is 0 Å². The van der Waals surface area contributed by atoms with E-state index in [2.05, 4.69) is 43.2 Å². The van der Waals surface area contributed by atoms with E-state index in [4.69, 9.17) is 9.47 Å². The minimum absolute atomic E-state index is 0.0984. The van der Waals surface area contributed by atoms with Crippen molar-refractivity contribution in [3.8, 4) is 11.5 Å². The molecule has 9 heteroatoms. The van der Waals surface area contributed by atoms with Gasteiger partial charge >= 0.3 is 0 Å². The van der Waals surface area contributed by atoms with Crippen molar-refractivity contribution in [3.63, 3.8) is 0 Å². The van der Waals surface area contributed by atoms with E-state index in [0.29, 0.717) is 31.3 Å². The second kappa shape index (κ2) is 9.26. The summed E-state index contributed by atoms with van der Waals surface area (Å²) in [5.74, 6) is 1.02. The van der Waals surface area contributed by atoms with Gasteiger partial charge in [-0.2, -0.15) is 11.1 Å². The second-order valence-corrected chi connectivity index (χ2v) is 6.46. The number of hydrogen-bond donors (Lipinski definition) is 5. The van der Waals surface area contributed by atoms with Crippen molar-refractivity contribution in [2.24, 2.45) is 0 Å². The molecule has 1 aliphatic heterocycles. The molecule has 1 fully saturated rings. The van der Waals surface area contributed by atoms with Gasteiger partial charge in [-0.25, -0.2) is 15.2 Å². The number of ether oxygens (including phenoxy) is 2. The minimum Gasteiger partial charge on any atom is -0.490 e. The molecule has 0 bridgehead atoms. The van der Waals surface area contributed by atoms with Crippen LogP contribution in [-0.4, -0.2) is 12.9 Å². The van der Waals surface area contributed by atoms with Crippen LogP contribution in [0, 0.1) is 5.82 Å². The number of hydrogen-bond acceptors (Lipinski definition) is 7. The maximum Gasteiger partial charge on any atom is 0.175 e. The fraction of sp³-hybridized carbons (Fsp3) is 0.294. The molecule has 2 aromatic carbocycles. The van der Waals surface area contributed by atoms with Gasteiger partial charge in [0.15, 0.2) is 11.5 Å². The molecule has 1 heterocycles. The van der Waals surface area contributed by atoms with Gasteiger partial charge in [-0.05, 0) is 58.2 Å². The molecule has 0 saturated carbocycles. The van der Waals surface area contributed by atoms with E-state index < -0.39 is 0 Å². The molecule has 0 unspecified atom stereocenters. The fourth-order valence-electron chi connectivity index (χ4n) is 2.44. The fourth-order valence-corrected chi connectivity index (χ4v) is 3.04. The van der Waals surface area contributed by atoms with Crippen molar-refractivity contribution in [2.75, 3.05) is 6.61 Å². The van der Waals surface area contributed by atoms with Crippen molar-refractivity contribution in [2.45, 2.75) is 26.4 Å². The highest BCUT2D eigenvalue weighted by molar-refractivity contribution is 9.10. The van der Waals surface area contributed by atoms with Gasteiger partial charge in [0, 0.05) is 6.54 Å². The maximum atomic E-state index is 13.0. The lowest BCUT2D eigenvalue weighted by Crippen LogP contribution is -2.46. The molecule has 2 aromatic rings. The molecular weight excluding hydrogens is 405 g/mol. The molecule has 0 spiro atoms. The van der Waals surface area contributed by atoms with Gasteiger partial charge in [0.1, 0.15) is 18.7 Å². The van der Waals surface area contributed by atoms with Gasteiger partial charge in [0.2, 0.25) is 0 Å². The molecule has 3 rings (SSSR count). The van der Waals surface area contributed by atoms with Crippen molar-refractivity contribution in [1.82, 2.24) is 27.2 Å². The van der Waals surface area contributed by atoms with E-state index in [1.165, 1.54) is 12.1 Å². The predicted molar refractivity (Wildman–Crippen MR) is 99.2 cm³/mol. The zero-order valence-corrected chi connectivity index (χ0v) is 15.8. The Morgan fingerprint density at radius 3 is 2.50 bits per heavy atom. The zero-order valence-electron chi connectivity index (χ0n) is 14.2. The lowest BCUT2D eigenvalue weighted by Gasteiger charge is -2.17. The van der Waals surface area contributed by atoms with Gasteiger partial charge in [-0.15, -0.1) is 0 Å². The number of halogens is 2.